The number of carboxylic acid groups (broad SMARTS) is 1. The molecule has 108 valence electrons. The van der Waals surface area contributed by atoms with Gasteiger partial charge in [0.15, 0.2) is 0 Å². The van der Waals surface area contributed by atoms with Crippen molar-refractivity contribution in [1.29, 1.82) is 0 Å². The molecule has 0 aliphatic rings. The van der Waals surface area contributed by atoms with E-state index in [4.69, 9.17) is 5.11 Å². The number of carbonyl (C=O) groups is 1. The molecule has 0 bridgehead atoms. The Kier molecular flexibility index (Phi) is 5.59. The number of rotatable bonds is 7. The molecule has 0 atom stereocenters. The molecule has 0 radical (unpaired) electrons. The van der Waals surface area contributed by atoms with Gasteiger partial charge >= 0.3 is 5.97 Å². The molecule has 0 heterocycles. The minimum Gasteiger partial charge on any atom is -0.478 e. The van der Waals surface area contributed by atoms with Gasteiger partial charge < -0.3 is 10.4 Å². The second-order valence-corrected chi connectivity index (χ2v) is 4.76. The van der Waals surface area contributed by atoms with Crippen LogP contribution in [-0.2, 0) is 0 Å². The van der Waals surface area contributed by atoms with Crippen LogP contribution in [0.15, 0.2) is 60.7 Å². The molecule has 2 N–H and O–H groups in total. The largest absolute Gasteiger partial charge is 0.478 e. The van der Waals surface area contributed by atoms with E-state index < -0.39 is 5.97 Å². The van der Waals surface area contributed by atoms with Crippen molar-refractivity contribution in [3.05, 3.63) is 71.8 Å². The lowest BCUT2D eigenvalue weighted by Gasteiger charge is -2.05. The molecular weight excluding hydrogens is 262 g/mol. The zero-order valence-corrected chi connectivity index (χ0v) is 11.8. The molecule has 0 saturated heterocycles. The molecule has 3 heteroatoms. The van der Waals surface area contributed by atoms with Gasteiger partial charge in [0.25, 0.3) is 0 Å². The highest BCUT2D eigenvalue weighted by molar-refractivity contribution is 5.87. The fourth-order valence-corrected chi connectivity index (χ4v) is 1.97. The van der Waals surface area contributed by atoms with Gasteiger partial charge in [-0.3, -0.25) is 0 Å². The molecule has 0 aromatic heterocycles. The quantitative estimate of drug-likeness (QED) is 0.744. The van der Waals surface area contributed by atoms with Crippen LogP contribution in [0.1, 0.15) is 28.8 Å². The van der Waals surface area contributed by atoms with Gasteiger partial charge in [-0.1, -0.05) is 42.5 Å². The first-order valence-corrected chi connectivity index (χ1v) is 7.04. The number of nitrogens with one attached hydrogen (secondary N) is 1. The summed E-state index contributed by atoms with van der Waals surface area (Å²) >= 11 is 0. The van der Waals surface area contributed by atoms with Crippen LogP contribution in [0.2, 0.25) is 0 Å². The van der Waals surface area contributed by atoms with E-state index in [2.05, 4.69) is 29.6 Å². The predicted molar refractivity (Wildman–Crippen MR) is 86.6 cm³/mol. The zero-order valence-electron chi connectivity index (χ0n) is 11.8. The van der Waals surface area contributed by atoms with Gasteiger partial charge in [0, 0.05) is 12.2 Å². The predicted octanol–water partition coefficient (Wildman–Crippen LogP) is 4.29. The van der Waals surface area contributed by atoms with Gasteiger partial charge in [0.05, 0.1) is 5.56 Å². The lowest BCUT2D eigenvalue weighted by Crippen LogP contribution is -2.02. The van der Waals surface area contributed by atoms with Crippen LogP contribution < -0.4 is 5.32 Å². The summed E-state index contributed by atoms with van der Waals surface area (Å²) in [5.74, 6) is -0.896. The molecule has 0 saturated carbocycles. The molecule has 0 spiro atoms. The van der Waals surface area contributed by atoms with E-state index in [-0.39, 0.29) is 0 Å². The third-order valence-electron chi connectivity index (χ3n) is 3.12. The molecule has 2 aromatic rings. The Balaban J connectivity index is 1.68. The van der Waals surface area contributed by atoms with Crippen LogP contribution in [-0.4, -0.2) is 17.6 Å². The lowest BCUT2D eigenvalue weighted by atomic mass is 10.2. The Bertz CT molecular complexity index is 588. The van der Waals surface area contributed by atoms with Crippen molar-refractivity contribution in [2.24, 2.45) is 0 Å². The standard InChI is InChI=1S/C18H19NO2/c20-18(21)16-10-12-17(13-11-16)19-14-6-2-5-9-15-7-3-1-4-8-15/h1,3-5,7-13,19H,2,6,14H2,(H,20,21). The van der Waals surface area contributed by atoms with Gasteiger partial charge in [-0.15, -0.1) is 0 Å². The Labute approximate surface area is 124 Å². The molecule has 2 rings (SSSR count). The van der Waals surface area contributed by atoms with E-state index in [1.165, 1.54) is 5.56 Å². The van der Waals surface area contributed by atoms with Gasteiger partial charge in [-0.05, 0) is 42.7 Å². The highest BCUT2D eigenvalue weighted by atomic mass is 16.4. The van der Waals surface area contributed by atoms with Crippen molar-refractivity contribution in [2.45, 2.75) is 12.8 Å². The van der Waals surface area contributed by atoms with Crippen LogP contribution in [0.4, 0.5) is 5.69 Å². The van der Waals surface area contributed by atoms with E-state index in [1.807, 2.05) is 18.2 Å². The monoisotopic (exact) mass is 281 g/mol. The van der Waals surface area contributed by atoms with Gasteiger partial charge in [0.1, 0.15) is 0 Å². The van der Waals surface area contributed by atoms with Crippen molar-refractivity contribution in [3.63, 3.8) is 0 Å². The molecule has 21 heavy (non-hydrogen) atoms. The van der Waals surface area contributed by atoms with Crippen molar-refractivity contribution >= 4 is 17.7 Å². The smallest absolute Gasteiger partial charge is 0.335 e. The maximum atomic E-state index is 10.7. The van der Waals surface area contributed by atoms with Crippen LogP contribution in [0.25, 0.3) is 6.08 Å². The van der Waals surface area contributed by atoms with Crippen LogP contribution >= 0.6 is 0 Å². The number of unbranched alkanes of at least 4 members (excludes halogenated alkanes) is 1. The van der Waals surface area contributed by atoms with E-state index in [1.54, 1.807) is 24.3 Å². The first kappa shape index (κ1) is 14.9. The summed E-state index contributed by atoms with van der Waals surface area (Å²) in [4.78, 5) is 10.7. The third-order valence-corrected chi connectivity index (χ3v) is 3.12. The molecule has 2 aromatic carbocycles. The average Bonchev–Trinajstić information content (AvgIpc) is 2.52. The minimum atomic E-state index is -0.896. The number of hydrogen-bond acceptors (Lipinski definition) is 2. The van der Waals surface area contributed by atoms with Crippen molar-refractivity contribution in [2.75, 3.05) is 11.9 Å². The zero-order chi connectivity index (χ0) is 14.9. The first-order chi connectivity index (χ1) is 10.3. The second-order valence-electron chi connectivity index (χ2n) is 4.76. The van der Waals surface area contributed by atoms with Gasteiger partial charge in [0.2, 0.25) is 0 Å². The SMILES string of the molecule is O=C(O)c1ccc(NCCCC=Cc2ccccc2)cc1. The number of benzene rings is 2. The van der Waals surface area contributed by atoms with Gasteiger partial charge in [-0.25, -0.2) is 4.79 Å². The summed E-state index contributed by atoms with van der Waals surface area (Å²) in [7, 11) is 0. The van der Waals surface area contributed by atoms with Crippen LogP contribution in [0.3, 0.4) is 0 Å². The number of aromatic carboxylic acids is 1. The summed E-state index contributed by atoms with van der Waals surface area (Å²) < 4.78 is 0. The summed E-state index contributed by atoms with van der Waals surface area (Å²) in [5, 5.41) is 12.1. The normalized spacial score (nSPS) is 10.7. The van der Waals surface area contributed by atoms with Crippen LogP contribution in [0, 0.1) is 0 Å². The Hall–Kier alpha value is -2.55. The fraction of sp³-hybridized carbons (Fsp3) is 0.167. The van der Waals surface area contributed by atoms with E-state index in [0.29, 0.717) is 5.56 Å². The topological polar surface area (TPSA) is 49.3 Å². The van der Waals surface area contributed by atoms with E-state index >= 15 is 0 Å². The lowest BCUT2D eigenvalue weighted by molar-refractivity contribution is 0.0697. The molecule has 0 fully saturated rings. The molecule has 0 unspecified atom stereocenters. The Morgan fingerprint density at radius 3 is 2.43 bits per heavy atom. The van der Waals surface area contributed by atoms with Crippen molar-refractivity contribution in [1.82, 2.24) is 0 Å². The Morgan fingerprint density at radius 1 is 1.05 bits per heavy atom. The molecule has 0 aliphatic heterocycles. The minimum absolute atomic E-state index is 0.311. The number of carboxylic acids is 1. The molecular formula is C18H19NO2. The summed E-state index contributed by atoms with van der Waals surface area (Å²) in [6.45, 7) is 0.867. The summed E-state index contributed by atoms with van der Waals surface area (Å²) in [5.41, 5.74) is 2.48. The number of anilines is 1. The van der Waals surface area contributed by atoms with E-state index in [0.717, 1.165) is 25.1 Å². The second kappa shape index (κ2) is 7.90. The summed E-state index contributed by atoms with van der Waals surface area (Å²) in [6, 6.07) is 17.0. The van der Waals surface area contributed by atoms with Crippen molar-refractivity contribution in [3.8, 4) is 0 Å². The first-order valence-electron chi connectivity index (χ1n) is 7.04. The highest BCUT2D eigenvalue weighted by Gasteiger charge is 2.00. The maximum Gasteiger partial charge on any atom is 0.335 e. The third kappa shape index (κ3) is 5.15. The molecule has 3 nitrogen and oxygen atoms in total. The van der Waals surface area contributed by atoms with E-state index in [9.17, 15) is 4.79 Å². The maximum absolute atomic E-state index is 10.7. The highest BCUT2D eigenvalue weighted by Crippen LogP contribution is 2.10. The summed E-state index contributed by atoms with van der Waals surface area (Å²) in [6.07, 6.45) is 6.34. The van der Waals surface area contributed by atoms with Gasteiger partial charge in [-0.2, -0.15) is 0 Å². The average molecular weight is 281 g/mol. The number of hydrogen-bond donors (Lipinski definition) is 2. The van der Waals surface area contributed by atoms with Crippen LogP contribution in [0.5, 0.6) is 0 Å². The Morgan fingerprint density at radius 2 is 1.76 bits per heavy atom. The molecule has 0 aliphatic carbocycles. The van der Waals surface area contributed by atoms with Crippen molar-refractivity contribution < 1.29 is 9.90 Å². The fourth-order valence-electron chi connectivity index (χ4n) is 1.97. The number of allylic oxidation sites excluding steroid dienone is 1. The molecule has 0 amide bonds.